The average molecular weight is 291 g/mol. The lowest BCUT2D eigenvalue weighted by Crippen LogP contribution is -2.16. The summed E-state index contributed by atoms with van der Waals surface area (Å²) in [6.07, 6.45) is 1.38. The Labute approximate surface area is 120 Å². The molecule has 1 heterocycles. The van der Waals surface area contributed by atoms with Gasteiger partial charge in [-0.3, -0.25) is 9.48 Å². The van der Waals surface area contributed by atoms with Crippen LogP contribution in [0.25, 0.3) is 0 Å². The molecule has 2 aromatic rings. The second kappa shape index (κ2) is 5.63. The number of hydrogen-bond acceptors (Lipinski definition) is 4. The smallest absolute Gasteiger partial charge is 0.260 e. The first kappa shape index (κ1) is 13.9. The molecule has 1 aromatic heterocycles. The van der Waals surface area contributed by atoms with E-state index >= 15 is 0 Å². The van der Waals surface area contributed by atoms with Crippen molar-refractivity contribution in [3.63, 3.8) is 0 Å². The summed E-state index contributed by atoms with van der Waals surface area (Å²) in [6, 6.07) is 6.65. The Morgan fingerprint density at radius 3 is 2.95 bits per heavy atom. The Hall–Kier alpha value is -2.52. The number of carbonyl (C=O) groups excluding carboxylic acids is 1. The first-order valence-electron chi connectivity index (χ1n) is 5.63. The minimum atomic E-state index is -0.404. The number of halogens is 1. The van der Waals surface area contributed by atoms with E-state index in [1.807, 2.05) is 6.07 Å². The van der Waals surface area contributed by atoms with E-state index in [4.69, 9.17) is 21.6 Å². The summed E-state index contributed by atoms with van der Waals surface area (Å²) in [6.45, 7) is 0. The number of benzene rings is 1. The van der Waals surface area contributed by atoms with Crippen molar-refractivity contribution in [2.45, 2.75) is 0 Å². The Morgan fingerprint density at radius 2 is 2.30 bits per heavy atom. The molecule has 1 amide bonds. The fourth-order valence-corrected chi connectivity index (χ4v) is 1.86. The molecule has 7 heteroatoms. The van der Waals surface area contributed by atoms with Gasteiger partial charge >= 0.3 is 0 Å². The van der Waals surface area contributed by atoms with Crippen LogP contribution in [-0.2, 0) is 7.05 Å². The van der Waals surface area contributed by atoms with E-state index in [0.717, 1.165) is 0 Å². The number of hydrogen-bond donors (Lipinski definition) is 1. The number of carbonyl (C=O) groups is 1. The van der Waals surface area contributed by atoms with Crippen molar-refractivity contribution in [1.82, 2.24) is 9.78 Å². The highest BCUT2D eigenvalue weighted by Gasteiger charge is 2.16. The highest BCUT2D eigenvalue weighted by Crippen LogP contribution is 2.24. The molecule has 20 heavy (non-hydrogen) atoms. The van der Waals surface area contributed by atoms with E-state index in [0.29, 0.717) is 22.2 Å². The maximum absolute atomic E-state index is 12.2. The number of ether oxygens (including phenoxy) is 1. The summed E-state index contributed by atoms with van der Waals surface area (Å²) in [5, 5.41) is 16.0. The first-order valence-corrected chi connectivity index (χ1v) is 6.01. The quantitative estimate of drug-likeness (QED) is 0.940. The van der Waals surface area contributed by atoms with E-state index in [1.165, 1.54) is 18.0 Å². The largest absolute Gasteiger partial charge is 0.496 e. The van der Waals surface area contributed by atoms with Crippen molar-refractivity contribution in [3.8, 4) is 11.8 Å². The maximum atomic E-state index is 12.2. The summed E-state index contributed by atoms with van der Waals surface area (Å²) in [4.78, 5) is 12.2. The molecule has 0 saturated carbocycles. The van der Waals surface area contributed by atoms with Crippen LogP contribution in [0.3, 0.4) is 0 Å². The Balaban J connectivity index is 2.34. The van der Waals surface area contributed by atoms with Gasteiger partial charge in [0.05, 0.1) is 18.9 Å². The zero-order valence-corrected chi connectivity index (χ0v) is 11.6. The molecule has 1 N–H and O–H groups in total. The summed E-state index contributed by atoms with van der Waals surface area (Å²) in [7, 11) is 3.09. The third-order valence-corrected chi connectivity index (χ3v) is 2.93. The molecule has 0 aliphatic heterocycles. The predicted octanol–water partition coefficient (Wildman–Crippen LogP) is 2.21. The third kappa shape index (κ3) is 2.58. The Morgan fingerprint density at radius 1 is 1.55 bits per heavy atom. The van der Waals surface area contributed by atoms with Crippen LogP contribution in [0.4, 0.5) is 5.82 Å². The molecule has 0 unspecified atom stereocenters. The van der Waals surface area contributed by atoms with E-state index < -0.39 is 5.91 Å². The van der Waals surface area contributed by atoms with Crippen LogP contribution in [-0.4, -0.2) is 22.8 Å². The number of methoxy groups -OCH3 is 1. The van der Waals surface area contributed by atoms with E-state index in [1.54, 1.807) is 25.2 Å². The molecule has 0 bridgehead atoms. The van der Waals surface area contributed by atoms with E-state index in [9.17, 15) is 4.79 Å². The molecular formula is C13H11ClN4O2. The number of aromatic nitrogens is 2. The lowest BCUT2D eigenvalue weighted by atomic mass is 10.2. The van der Waals surface area contributed by atoms with Gasteiger partial charge in [0.1, 0.15) is 23.2 Å². The molecule has 0 spiro atoms. The van der Waals surface area contributed by atoms with E-state index in [-0.39, 0.29) is 5.56 Å². The standard InChI is InChI=1S/C13H11ClN4O2/c1-18-12(8(6-15)7-16-18)17-13(19)10-4-3-9(14)5-11(10)20-2/h3-5,7H,1-2H3,(H,17,19). The van der Waals surface area contributed by atoms with Crippen LogP contribution < -0.4 is 10.1 Å². The molecule has 0 saturated heterocycles. The van der Waals surface area contributed by atoms with Crippen molar-refractivity contribution in [1.29, 1.82) is 5.26 Å². The SMILES string of the molecule is COc1cc(Cl)ccc1C(=O)Nc1c(C#N)cnn1C. The number of anilines is 1. The number of nitrogens with one attached hydrogen (secondary N) is 1. The van der Waals surface area contributed by atoms with Gasteiger partial charge in [-0.1, -0.05) is 11.6 Å². The van der Waals surface area contributed by atoms with Gasteiger partial charge in [-0.15, -0.1) is 0 Å². The minimum absolute atomic E-state index is 0.286. The third-order valence-electron chi connectivity index (χ3n) is 2.70. The van der Waals surface area contributed by atoms with Gasteiger partial charge in [0.2, 0.25) is 0 Å². The molecule has 0 fully saturated rings. The highest BCUT2D eigenvalue weighted by atomic mass is 35.5. The molecule has 6 nitrogen and oxygen atoms in total. The summed E-state index contributed by atoms with van der Waals surface area (Å²) in [5.41, 5.74) is 0.607. The van der Waals surface area contributed by atoms with Crippen molar-refractivity contribution in [3.05, 3.63) is 40.5 Å². The van der Waals surface area contributed by atoms with Gasteiger partial charge in [0.15, 0.2) is 0 Å². The second-order valence-corrected chi connectivity index (χ2v) is 4.38. The van der Waals surface area contributed by atoms with Crippen molar-refractivity contribution >= 4 is 23.3 Å². The van der Waals surface area contributed by atoms with Crippen LogP contribution in [0.5, 0.6) is 5.75 Å². The number of aryl methyl sites for hydroxylation is 1. The first-order chi connectivity index (χ1) is 9.56. The molecule has 1 aromatic carbocycles. The van der Waals surface area contributed by atoms with Gasteiger partial charge in [-0.25, -0.2) is 0 Å². The van der Waals surface area contributed by atoms with Crippen LogP contribution in [0.15, 0.2) is 24.4 Å². The summed E-state index contributed by atoms with van der Waals surface area (Å²) in [5.74, 6) is 0.281. The zero-order chi connectivity index (χ0) is 14.7. The van der Waals surface area contributed by atoms with Crippen LogP contribution in [0.2, 0.25) is 5.02 Å². The fraction of sp³-hybridized carbons (Fsp3) is 0.154. The minimum Gasteiger partial charge on any atom is -0.496 e. The van der Waals surface area contributed by atoms with Gasteiger partial charge in [-0.2, -0.15) is 10.4 Å². The lowest BCUT2D eigenvalue weighted by molar-refractivity contribution is 0.102. The topological polar surface area (TPSA) is 79.9 Å². The van der Waals surface area contributed by atoms with Crippen LogP contribution >= 0.6 is 11.6 Å². The number of nitriles is 1. The van der Waals surface area contributed by atoms with E-state index in [2.05, 4.69) is 10.4 Å². The van der Waals surface area contributed by atoms with Crippen molar-refractivity contribution in [2.24, 2.45) is 7.05 Å². The lowest BCUT2D eigenvalue weighted by Gasteiger charge is -2.10. The fourth-order valence-electron chi connectivity index (χ4n) is 1.70. The number of amides is 1. The molecule has 2 rings (SSSR count). The predicted molar refractivity (Wildman–Crippen MR) is 73.9 cm³/mol. The summed E-state index contributed by atoms with van der Waals surface area (Å²) < 4.78 is 6.54. The summed E-state index contributed by atoms with van der Waals surface area (Å²) >= 11 is 5.85. The zero-order valence-electron chi connectivity index (χ0n) is 10.8. The van der Waals surface area contributed by atoms with Gasteiger partial charge < -0.3 is 10.1 Å². The van der Waals surface area contributed by atoms with Gasteiger partial charge in [-0.05, 0) is 18.2 Å². The molecule has 0 aliphatic carbocycles. The highest BCUT2D eigenvalue weighted by molar-refractivity contribution is 6.31. The Bertz CT molecular complexity index is 703. The monoisotopic (exact) mass is 290 g/mol. The maximum Gasteiger partial charge on any atom is 0.260 e. The molecular weight excluding hydrogens is 280 g/mol. The van der Waals surface area contributed by atoms with Crippen molar-refractivity contribution in [2.75, 3.05) is 12.4 Å². The van der Waals surface area contributed by atoms with Gasteiger partial charge in [0.25, 0.3) is 5.91 Å². The second-order valence-electron chi connectivity index (χ2n) is 3.94. The molecule has 0 radical (unpaired) electrons. The normalized spacial score (nSPS) is 9.90. The molecule has 102 valence electrons. The molecule has 0 atom stereocenters. The van der Waals surface area contributed by atoms with Crippen molar-refractivity contribution < 1.29 is 9.53 Å². The number of rotatable bonds is 3. The Kier molecular flexibility index (Phi) is 3.91. The van der Waals surface area contributed by atoms with Crippen LogP contribution in [0, 0.1) is 11.3 Å². The molecule has 0 aliphatic rings. The average Bonchev–Trinajstić information content (AvgIpc) is 2.79. The van der Waals surface area contributed by atoms with Gasteiger partial charge in [0, 0.05) is 12.1 Å². The number of nitrogens with zero attached hydrogens (tertiary/aromatic N) is 3. The van der Waals surface area contributed by atoms with Crippen LogP contribution in [0.1, 0.15) is 15.9 Å².